The van der Waals surface area contributed by atoms with Gasteiger partial charge in [0.15, 0.2) is 11.7 Å². The zero-order chi connectivity index (χ0) is 21.9. The van der Waals surface area contributed by atoms with E-state index in [1.165, 1.54) is 12.1 Å². The van der Waals surface area contributed by atoms with E-state index in [4.69, 9.17) is 4.52 Å². The van der Waals surface area contributed by atoms with E-state index in [1.807, 2.05) is 6.07 Å². The van der Waals surface area contributed by atoms with Crippen molar-refractivity contribution in [2.24, 2.45) is 4.99 Å². The van der Waals surface area contributed by atoms with E-state index in [2.05, 4.69) is 81.7 Å². The quantitative estimate of drug-likeness (QED) is 0.200. The summed E-state index contributed by atoms with van der Waals surface area (Å²) in [5, 5.41) is 10.8. The second-order valence-corrected chi connectivity index (χ2v) is 8.37. The molecule has 1 aliphatic heterocycles. The number of piperazine rings is 1. The number of hydrogen-bond acceptors (Lipinski definition) is 5. The number of aromatic nitrogens is 1. The minimum atomic E-state index is 0. The van der Waals surface area contributed by atoms with Gasteiger partial charge in [-0.05, 0) is 44.4 Å². The summed E-state index contributed by atoms with van der Waals surface area (Å²) in [5.41, 5.74) is 2.32. The van der Waals surface area contributed by atoms with Crippen molar-refractivity contribution >= 4 is 35.6 Å². The number of unbranched alkanes of at least 4 members (excludes halogenated alkanes) is 1. The molecule has 3 rings (SSSR count). The molecule has 1 aromatic heterocycles. The zero-order valence-electron chi connectivity index (χ0n) is 19.7. The minimum absolute atomic E-state index is 0. The van der Waals surface area contributed by atoms with Crippen LogP contribution in [-0.4, -0.2) is 61.8 Å². The molecule has 2 N–H and O–H groups in total. The maximum Gasteiger partial charge on any atom is 0.191 e. The molecule has 7 nitrogen and oxygen atoms in total. The van der Waals surface area contributed by atoms with Gasteiger partial charge in [-0.15, -0.1) is 24.0 Å². The molecule has 2 aromatic rings. The van der Waals surface area contributed by atoms with Crippen LogP contribution in [0.2, 0.25) is 0 Å². The van der Waals surface area contributed by atoms with Crippen molar-refractivity contribution in [3.63, 3.8) is 0 Å². The van der Waals surface area contributed by atoms with Crippen LogP contribution in [0.5, 0.6) is 0 Å². The molecule has 1 aliphatic rings. The molecule has 0 spiro atoms. The summed E-state index contributed by atoms with van der Waals surface area (Å²) in [4.78, 5) is 9.69. The number of benzene rings is 1. The monoisotopic (exact) mass is 554 g/mol. The number of hydrogen-bond donors (Lipinski definition) is 2. The lowest BCUT2D eigenvalue weighted by molar-refractivity contribution is 0.253. The SMILES string of the molecule is CCNC(=NCc1cc(C(C)C)no1)NCCCCN1CCN(c2ccccc2)CC1.I. The molecule has 32 heavy (non-hydrogen) atoms. The molecular weight excluding hydrogens is 515 g/mol. The Bertz CT molecular complexity index is 787. The molecule has 8 heteroatoms. The maximum atomic E-state index is 5.38. The summed E-state index contributed by atoms with van der Waals surface area (Å²) in [6.07, 6.45) is 2.32. The van der Waals surface area contributed by atoms with Crippen LogP contribution in [0.25, 0.3) is 0 Å². The van der Waals surface area contributed by atoms with E-state index in [1.54, 1.807) is 0 Å². The van der Waals surface area contributed by atoms with E-state index >= 15 is 0 Å². The van der Waals surface area contributed by atoms with Gasteiger partial charge in [-0.3, -0.25) is 4.90 Å². The van der Waals surface area contributed by atoms with E-state index in [0.29, 0.717) is 12.5 Å². The van der Waals surface area contributed by atoms with Gasteiger partial charge in [-0.2, -0.15) is 0 Å². The zero-order valence-corrected chi connectivity index (χ0v) is 22.0. The third-order valence-electron chi connectivity index (χ3n) is 5.59. The standard InChI is InChI=1S/C24H38N6O.HI/c1-4-25-24(27-19-22-18-23(20(2)3)28-31-22)26-12-8-9-13-29-14-16-30(17-15-29)21-10-6-5-7-11-21;/h5-7,10-11,18,20H,4,8-9,12-17,19H2,1-3H3,(H2,25,26,27);1H. The first-order valence-electron chi connectivity index (χ1n) is 11.7. The van der Waals surface area contributed by atoms with Crippen molar-refractivity contribution < 1.29 is 4.52 Å². The molecule has 1 fully saturated rings. The highest BCUT2D eigenvalue weighted by atomic mass is 127. The number of para-hydroxylation sites is 1. The normalized spacial score (nSPS) is 15.0. The fraction of sp³-hybridized carbons (Fsp3) is 0.583. The number of nitrogens with one attached hydrogen (secondary N) is 2. The molecule has 0 bridgehead atoms. The number of guanidine groups is 1. The Kier molecular flexibility index (Phi) is 11.9. The highest BCUT2D eigenvalue weighted by Crippen LogP contribution is 2.16. The van der Waals surface area contributed by atoms with Gasteiger partial charge in [0.2, 0.25) is 0 Å². The largest absolute Gasteiger partial charge is 0.369 e. The van der Waals surface area contributed by atoms with Crippen molar-refractivity contribution in [3.8, 4) is 0 Å². The average molecular weight is 555 g/mol. The minimum Gasteiger partial charge on any atom is -0.369 e. The van der Waals surface area contributed by atoms with Crippen LogP contribution in [0.3, 0.4) is 0 Å². The fourth-order valence-corrected chi connectivity index (χ4v) is 3.71. The van der Waals surface area contributed by atoms with Gasteiger partial charge in [0.05, 0.1) is 5.69 Å². The van der Waals surface area contributed by atoms with Crippen molar-refractivity contribution in [1.29, 1.82) is 0 Å². The predicted molar refractivity (Wildman–Crippen MR) is 143 cm³/mol. The number of nitrogens with zero attached hydrogens (tertiary/aromatic N) is 4. The molecule has 2 heterocycles. The third kappa shape index (κ3) is 8.61. The summed E-state index contributed by atoms with van der Waals surface area (Å²) in [7, 11) is 0. The fourth-order valence-electron chi connectivity index (χ4n) is 3.71. The molecule has 178 valence electrons. The molecule has 1 aromatic carbocycles. The molecule has 0 radical (unpaired) electrons. The van der Waals surface area contributed by atoms with E-state index in [9.17, 15) is 0 Å². The first-order valence-corrected chi connectivity index (χ1v) is 11.7. The van der Waals surface area contributed by atoms with Gasteiger partial charge in [-0.1, -0.05) is 37.2 Å². The van der Waals surface area contributed by atoms with Crippen molar-refractivity contribution in [1.82, 2.24) is 20.7 Å². The van der Waals surface area contributed by atoms with Crippen LogP contribution in [0.15, 0.2) is 45.9 Å². The summed E-state index contributed by atoms with van der Waals surface area (Å²) in [5.74, 6) is 2.01. The van der Waals surface area contributed by atoms with Crippen LogP contribution >= 0.6 is 24.0 Å². The first-order chi connectivity index (χ1) is 15.2. The highest BCUT2D eigenvalue weighted by molar-refractivity contribution is 14.0. The Labute approximate surface area is 210 Å². The topological polar surface area (TPSA) is 68.9 Å². The second kappa shape index (κ2) is 14.4. The van der Waals surface area contributed by atoms with E-state index < -0.39 is 0 Å². The number of halogens is 1. The van der Waals surface area contributed by atoms with Gasteiger partial charge in [0.1, 0.15) is 6.54 Å². The molecule has 0 amide bonds. The highest BCUT2D eigenvalue weighted by Gasteiger charge is 2.16. The lowest BCUT2D eigenvalue weighted by Gasteiger charge is -2.36. The Morgan fingerprint density at radius 3 is 2.50 bits per heavy atom. The van der Waals surface area contributed by atoms with E-state index in [-0.39, 0.29) is 24.0 Å². The molecule has 1 saturated heterocycles. The van der Waals surface area contributed by atoms with Gasteiger partial charge < -0.3 is 20.1 Å². The third-order valence-corrected chi connectivity index (χ3v) is 5.59. The van der Waals surface area contributed by atoms with Gasteiger partial charge in [-0.25, -0.2) is 4.99 Å². The summed E-state index contributed by atoms with van der Waals surface area (Å²) < 4.78 is 5.38. The lowest BCUT2D eigenvalue weighted by Crippen LogP contribution is -2.46. The molecule has 0 atom stereocenters. The van der Waals surface area contributed by atoms with Crippen molar-refractivity contribution in [3.05, 3.63) is 47.9 Å². The number of aliphatic imine (C=N–C) groups is 1. The molecule has 0 saturated carbocycles. The molecule has 0 aliphatic carbocycles. The van der Waals surface area contributed by atoms with Crippen molar-refractivity contribution in [2.45, 2.75) is 46.1 Å². The average Bonchev–Trinajstić information content (AvgIpc) is 3.28. The lowest BCUT2D eigenvalue weighted by atomic mass is 10.1. The van der Waals surface area contributed by atoms with Gasteiger partial charge in [0, 0.05) is 51.0 Å². The van der Waals surface area contributed by atoms with Gasteiger partial charge >= 0.3 is 0 Å². The van der Waals surface area contributed by atoms with Crippen LogP contribution in [0, 0.1) is 0 Å². The molecule has 0 unspecified atom stereocenters. The number of anilines is 1. The molecular formula is C24H39IN6O. The number of rotatable bonds is 10. The van der Waals surface area contributed by atoms with E-state index in [0.717, 1.165) is 69.6 Å². The Morgan fingerprint density at radius 2 is 1.84 bits per heavy atom. The maximum absolute atomic E-state index is 5.38. The van der Waals surface area contributed by atoms with Crippen molar-refractivity contribution in [2.75, 3.05) is 50.7 Å². The van der Waals surface area contributed by atoms with Gasteiger partial charge in [0.25, 0.3) is 0 Å². The Hall–Kier alpha value is -1.81. The Morgan fingerprint density at radius 1 is 1.09 bits per heavy atom. The predicted octanol–water partition coefficient (Wildman–Crippen LogP) is 4.07. The van der Waals surface area contributed by atoms with Crippen LogP contribution in [0.1, 0.15) is 51.0 Å². The van der Waals surface area contributed by atoms with Crippen LogP contribution in [-0.2, 0) is 6.54 Å². The smallest absolute Gasteiger partial charge is 0.191 e. The van der Waals surface area contributed by atoms with Crippen LogP contribution in [0.4, 0.5) is 5.69 Å². The summed E-state index contributed by atoms with van der Waals surface area (Å²) in [6, 6.07) is 12.7. The summed E-state index contributed by atoms with van der Waals surface area (Å²) in [6.45, 7) is 14.2. The summed E-state index contributed by atoms with van der Waals surface area (Å²) >= 11 is 0. The van der Waals surface area contributed by atoms with Crippen LogP contribution < -0.4 is 15.5 Å². The second-order valence-electron chi connectivity index (χ2n) is 8.37. The Balaban J connectivity index is 0.00000363. The first kappa shape index (κ1) is 26.4.